The van der Waals surface area contributed by atoms with Crippen molar-refractivity contribution >= 4 is 49.9 Å². The molecule has 1 heterocycles. The number of anilines is 2. The van der Waals surface area contributed by atoms with Gasteiger partial charge < -0.3 is 15.7 Å². The molecule has 7 heteroatoms. The molecule has 118 valence electrons. The molecular weight excluding hydrogens is 378 g/mol. The summed E-state index contributed by atoms with van der Waals surface area (Å²) in [5, 5.41) is 5.28. The maximum atomic E-state index is 6.10. The minimum atomic E-state index is 0.350. The van der Waals surface area contributed by atoms with Crippen molar-refractivity contribution in [3.63, 3.8) is 0 Å². The van der Waals surface area contributed by atoms with Crippen molar-refractivity contribution in [3.8, 4) is 0 Å². The minimum absolute atomic E-state index is 0.350. The van der Waals surface area contributed by atoms with Crippen LogP contribution in [0.1, 0.15) is 6.92 Å². The van der Waals surface area contributed by atoms with E-state index in [9.17, 15) is 0 Å². The molecule has 5 nitrogen and oxygen atoms in total. The Morgan fingerprint density at radius 2 is 2.13 bits per heavy atom. The highest BCUT2D eigenvalue weighted by Crippen LogP contribution is 2.31. The smallest absolute Gasteiger partial charge is 0.246 e. The van der Waals surface area contributed by atoms with Gasteiger partial charge in [-0.25, -0.2) is 0 Å². The van der Waals surface area contributed by atoms with Gasteiger partial charge in [0.1, 0.15) is 5.82 Å². The van der Waals surface area contributed by atoms with Gasteiger partial charge in [0.15, 0.2) is 0 Å². The number of halogens is 2. The topological polar surface area (TPSA) is 70.3 Å². The lowest BCUT2D eigenvalue weighted by molar-refractivity contribution is 0.927. The van der Waals surface area contributed by atoms with Crippen molar-refractivity contribution in [2.45, 2.75) is 6.92 Å². The quantitative estimate of drug-likeness (QED) is 0.524. The summed E-state index contributed by atoms with van der Waals surface area (Å²) < 4.78 is 1.01. The fraction of sp³-hybridized carbons (Fsp3) is 0.125. The maximum Gasteiger partial charge on any atom is 0.246 e. The Bertz CT molecular complexity index is 922. The van der Waals surface area contributed by atoms with Crippen LogP contribution in [0.4, 0.5) is 11.5 Å². The Kier molecular flexibility index (Phi) is 4.54. The van der Waals surface area contributed by atoms with E-state index in [1.54, 1.807) is 0 Å². The van der Waals surface area contributed by atoms with Gasteiger partial charge in [0.25, 0.3) is 0 Å². The minimum Gasteiger partial charge on any atom is -0.326 e. The average molecular weight is 393 g/mol. The Morgan fingerprint density at radius 1 is 1.30 bits per heavy atom. The first kappa shape index (κ1) is 15.8. The number of benzene rings is 2. The van der Waals surface area contributed by atoms with Crippen LogP contribution in [-0.2, 0) is 0 Å². The van der Waals surface area contributed by atoms with E-state index in [1.807, 2.05) is 42.5 Å². The summed E-state index contributed by atoms with van der Waals surface area (Å²) in [4.78, 5) is 9.72. The second-order valence-corrected chi connectivity index (χ2v) is 6.28. The molecule has 0 unspecified atom stereocenters. The number of aromatic amines is 1. The normalized spacial score (nSPS) is 11.9. The summed E-state index contributed by atoms with van der Waals surface area (Å²) in [6.07, 6.45) is 0. The van der Waals surface area contributed by atoms with Crippen LogP contribution in [0.2, 0.25) is 5.02 Å². The molecule has 0 spiro atoms. The summed E-state index contributed by atoms with van der Waals surface area (Å²) in [7, 11) is 0. The first-order valence-corrected chi connectivity index (χ1v) is 8.26. The van der Waals surface area contributed by atoms with Crippen LogP contribution in [0.15, 0.2) is 52.0 Å². The Hall–Kier alpha value is -2.05. The standard InChI is InChI=1S/C16H15BrClN5/c1-2-23(12-5-3-4-10(17)8-12)15-13-7-6-11(18)9-14(13)20-16(21-15)22-19/h3-9H,2,19H2,1H3,(H,20,21,22). The monoisotopic (exact) mass is 391 g/mol. The second-order valence-electron chi connectivity index (χ2n) is 4.93. The number of fused-ring (bicyclic) bond motifs is 1. The van der Waals surface area contributed by atoms with Crippen molar-refractivity contribution in [2.75, 3.05) is 11.4 Å². The molecule has 0 amide bonds. The molecule has 0 aliphatic rings. The van der Waals surface area contributed by atoms with E-state index in [-0.39, 0.29) is 0 Å². The largest absolute Gasteiger partial charge is 0.326 e. The number of hydrogen-bond donors (Lipinski definition) is 2. The molecular formula is C16H15BrClN5. The van der Waals surface area contributed by atoms with Gasteiger partial charge in [0, 0.05) is 27.1 Å². The Labute approximate surface area is 146 Å². The predicted octanol–water partition coefficient (Wildman–Crippen LogP) is 3.91. The van der Waals surface area contributed by atoms with E-state index in [0.717, 1.165) is 33.4 Å². The van der Waals surface area contributed by atoms with Crippen LogP contribution < -0.4 is 16.4 Å². The van der Waals surface area contributed by atoms with Crippen LogP contribution >= 0.6 is 27.5 Å². The summed E-state index contributed by atoms with van der Waals surface area (Å²) in [6.45, 7) is 2.81. The van der Waals surface area contributed by atoms with Crippen molar-refractivity contribution < 1.29 is 0 Å². The molecule has 23 heavy (non-hydrogen) atoms. The van der Waals surface area contributed by atoms with Crippen LogP contribution in [0.3, 0.4) is 0 Å². The SMILES string of the molecule is CCN(c1cccc(Br)c1)c1n/c(=N/N)[nH]c2cc(Cl)ccc12. The molecule has 0 aliphatic heterocycles. The second kappa shape index (κ2) is 6.60. The summed E-state index contributed by atoms with van der Waals surface area (Å²) >= 11 is 9.61. The number of hydrogen-bond acceptors (Lipinski definition) is 4. The average Bonchev–Trinajstić information content (AvgIpc) is 2.55. The number of aromatic nitrogens is 2. The van der Waals surface area contributed by atoms with E-state index < -0.39 is 0 Å². The summed E-state index contributed by atoms with van der Waals surface area (Å²) in [5.74, 6) is 6.20. The third kappa shape index (κ3) is 3.18. The third-order valence-electron chi connectivity index (χ3n) is 3.49. The molecule has 0 fully saturated rings. The van der Waals surface area contributed by atoms with Gasteiger partial charge in [-0.3, -0.25) is 0 Å². The highest BCUT2D eigenvalue weighted by Gasteiger charge is 2.14. The van der Waals surface area contributed by atoms with Crippen LogP contribution in [0.25, 0.3) is 10.9 Å². The molecule has 0 atom stereocenters. The van der Waals surface area contributed by atoms with Gasteiger partial charge in [-0.2, -0.15) is 4.98 Å². The molecule has 0 radical (unpaired) electrons. The molecule has 0 saturated carbocycles. The molecule has 2 aromatic carbocycles. The molecule has 0 saturated heterocycles. The fourth-order valence-corrected chi connectivity index (χ4v) is 3.05. The Balaban J connectivity index is 2.28. The first-order chi connectivity index (χ1) is 11.1. The number of H-pyrrole nitrogens is 1. The van der Waals surface area contributed by atoms with E-state index >= 15 is 0 Å². The molecule has 3 N–H and O–H groups in total. The third-order valence-corrected chi connectivity index (χ3v) is 4.22. The van der Waals surface area contributed by atoms with Crippen LogP contribution in [0.5, 0.6) is 0 Å². The van der Waals surface area contributed by atoms with Gasteiger partial charge >= 0.3 is 0 Å². The van der Waals surface area contributed by atoms with Crippen molar-refractivity contribution in [1.82, 2.24) is 9.97 Å². The van der Waals surface area contributed by atoms with E-state index in [1.165, 1.54) is 0 Å². The van der Waals surface area contributed by atoms with Crippen LogP contribution in [-0.4, -0.2) is 16.5 Å². The Morgan fingerprint density at radius 3 is 2.83 bits per heavy atom. The fourth-order valence-electron chi connectivity index (χ4n) is 2.49. The predicted molar refractivity (Wildman–Crippen MR) is 97.7 cm³/mol. The van der Waals surface area contributed by atoms with E-state index in [2.05, 4.69) is 42.8 Å². The zero-order chi connectivity index (χ0) is 16.4. The van der Waals surface area contributed by atoms with Gasteiger partial charge in [-0.1, -0.05) is 33.6 Å². The lowest BCUT2D eigenvalue weighted by atomic mass is 10.2. The van der Waals surface area contributed by atoms with Gasteiger partial charge in [-0.15, -0.1) is 5.10 Å². The number of nitrogens with zero attached hydrogens (tertiary/aromatic N) is 3. The van der Waals surface area contributed by atoms with E-state index in [0.29, 0.717) is 10.6 Å². The number of nitrogens with one attached hydrogen (secondary N) is 1. The van der Waals surface area contributed by atoms with Crippen molar-refractivity contribution in [2.24, 2.45) is 10.9 Å². The highest BCUT2D eigenvalue weighted by atomic mass is 79.9. The lowest BCUT2D eigenvalue weighted by Gasteiger charge is -2.23. The highest BCUT2D eigenvalue weighted by molar-refractivity contribution is 9.10. The van der Waals surface area contributed by atoms with Gasteiger partial charge in [0.05, 0.1) is 5.52 Å². The van der Waals surface area contributed by atoms with Gasteiger partial charge in [-0.05, 0) is 43.3 Å². The van der Waals surface area contributed by atoms with Crippen molar-refractivity contribution in [3.05, 3.63) is 57.6 Å². The molecule has 0 bridgehead atoms. The first-order valence-electron chi connectivity index (χ1n) is 7.09. The van der Waals surface area contributed by atoms with Crippen LogP contribution in [0, 0.1) is 0 Å². The van der Waals surface area contributed by atoms with Gasteiger partial charge in [0.2, 0.25) is 5.62 Å². The zero-order valence-corrected chi connectivity index (χ0v) is 14.8. The summed E-state index contributed by atoms with van der Waals surface area (Å²) in [5.41, 5.74) is 2.21. The number of rotatable bonds is 3. The van der Waals surface area contributed by atoms with E-state index in [4.69, 9.17) is 17.4 Å². The zero-order valence-electron chi connectivity index (χ0n) is 12.4. The molecule has 3 rings (SSSR count). The summed E-state index contributed by atoms with van der Waals surface area (Å²) in [6, 6.07) is 13.7. The lowest BCUT2D eigenvalue weighted by Crippen LogP contribution is -2.24. The maximum absolute atomic E-state index is 6.10. The number of nitrogens with two attached hydrogens (primary N) is 1. The molecule has 1 aromatic heterocycles. The van der Waals surface area contributed by atoms with Crippen molar-refractivity contribution in [1.29, 1.82) is 0 Å². The molecule has 0 aliphatic carbocycles. The molecule has 3 aromatic rings.